The van der Waals surface area contributed by atoms with Crippen LogP contribution in [-0.4, -0.2) is 57.8 Å². The van der Waals surface area contributed by atoms with Crippen molar-refractivity contribution in [2.45, 2.75) is 12.8 Å². The number of rotatable bonds is 4. The third-order valence-corrected chi connectivity index (χ3v) is 5.79. The lowest BCUT2D eigenvalue weighted by molar-refractivity contribution is -0.132. The molecule has 1 N–H and O–H groups in total. The van der Waals surface area contributed by atoms with Crippen LogP contribution in [0, 0.1) is 0 Å². The van der Waals surface area contributed by atoms with Gasteiger partial charge in [0.05, 0.1) is 10.9 Å². The predicted octanol–water partition coefficient (Wildman–Crippen LogP) is 2.59. The van der Waals surface area contributed by atoms with E-state index in [1.807, 2.05) is 30.3 Å². The molecule has 5 rings (SSSR count). The molecule has 0 aliphatic carbocycles. The highest BCUT2D eigenvalue weighted by Crippen LogP contribution is 2.20. The van der Waals surface area contributed by atoms with Crippen molar-refractivity contribution in [3.8, 4) is 0 Å². The van der Waals surface area contributed by atoms with Gasteiger partial charge in [-0.05, 0) is 24.3 Å². The second kappa shape index (κ2) is 8.30. The molecule has 2 amide bonds. The summed E-state index contributed by atoms with van der Waals surface area (Å²) in [6, 6.07) is 16.4. The van der Waals surface area contributed by atoms with Crippen molar-refractivity contribution in [2.75, 3.05) is 26.2 Å². The number of nitrogens with zero attached hydrogens (tertiary/aromatic N) is 3. The molecule has 0 bridgehead atoms. The van der Waals surface area contributed by atoms with Gasteiger partial charge >= 0.3 is 0 Å². The summed E-state index contributed by atoms with van der Waals surface area (Å²) in [5.41, 5.74) is 1.11. The summed E-state index contributed by atoms with van der Waals surface area (Å²) in [7, 11) is 0. The van der Waals surface area contributed by atoms with Crippen molar-refractivity contribution < 1.29 is 14.0 Å². The third kappa shape index (κ3) is 3.87. The summed E-state index contributed by atoms with van der Waals surface area (Å²) >= 11 is 0. The number of aromatic amines is 1. The largest absolute Gasteiger partial charge is 0.451 e. The number of amides is 2. The maximum Gasteiger partial charge on any atom is 0.289 e. The standard InChI is InChI=1S/C24H22N4O4/c29-22(10-9-21-25-18-7-3-2-6-17(18)23(30)26-21)27-11-13-28(14-12-27)24(31)20-15-16-5-1-4-8-19(16)32-20/h1-8,15H,9-14H2,(H,25,26,30). The summed E-state index contributed by atoms with van der Waals surface area (Å²) in [6.07, 6.45) is 0.607. The maximum absolute atomic E-state index is 12.8. The highest BCUT2D eigenvalue weighted by atomic mass is 16.3. The first-order valence-corrected chi connectivity index (χ1v) is 10.6. The molecule has 8 heteroatoms. The number of nitrogens with one attached hydrogen (secondary N) is 1. The number of H-pyrrole nitrogens is 1. The molecule has 0 spiro atoms. The predicted molar refractivity (Wildman–Crippen MR) is 119 cm³/mol. The van der Waals surface area contributed by atoms with E-state index in [0.29, 0.717) is 60.7 Å². The first-order chi connectivity index (χ1) is 15.6. The van der Waals surface area contributed by atoms with Crippen LogP contribution in [0.1, 0.15) is 22.8 Å². The van der Waals surface area contributed by atoms with Crippen LogP contribution in [-0.2, 0) is 11.2 Å². The molecule has 2 aromatic heterocycles. The minimum atomic E-state index is -0.198. The molecule has 3 heterocycles. The quantitative estimate of drug-likeness (QED) is 0.537. The molecule has 1 aliphatic rings. The monoisotopic (exact) mass is 430 g/mol. The van der Waals surface area contributed by atoms with Crippen molar-refractivity contribution in [2.24, 2.45) is 0 Å². The van der Waals surface area contributed by atoms with E-state index in [4.69, 9.17) is 4.42 Å². The molecule has 4 aromatic rings. The van der Waals surface area contributed by atoms with Crippen LogP contribution in [0.3, 0.4) is 0 Å². The smallest absolute Gasteiger partial charge is 0.289 e. The molecule has 32 heavy (non-hydrogen) atoms. The number of aryl methyl sites for hydroxylation is 1. The number of carbonyl (C=O) groups is 2. The zero-order chi connectivity index (χ0) is 22.1. The Kier molecular flexibility index (Phi) is 5.18. The third-order valence-electron chi connectivity index (χ3n) is 5.79. The fourth-order valence-corrected chi connectivity index (χ4v) is 4.04. The Bertz CT molecular complexity index is 1330. The fourth-order valence-electron chi connectivity index (χ4n) is 4.04. The summed E-state index contributed by atoms with van der Waals surface area (Å²) in [6.45, 7) is 1.83. The molecular weight excluding hydrogens is 408 g/mol. The van der Waals surface area contributed by atoms with Crippen LogP contribution in [0.5, 0.6) is 0 Å². The topological polar surface area (TPSA) is 99.5 Å². The van der Waals surface area contributed by atoms with Crippen LogP contribution in [0.4, 0.5) is 0 Å². The number of aromatic nitrogens is 2. The molecule has 1 saturated heterocycles. The lowest BCUT2D eigenvalue weighted by Gasteiger charge is -2.34. The second-order valence-electron chi connectivity index (χ2n) is 7.85. The minimum absolute atomic E-state index is 0.0170. The second-order valence-corrected chi connectivity index (χ2v) is 7.85. The van der Waals surface area contributed by atoms with Gasteiger partial charge in [0, 0.05) is 44.4 Å². The van der Waals surface area contributed by atoms with Gasteiger partial charge in [0.2, 0.25) is 5.91 Å². The van der Waals surface area contributed by atoms with Crippen molar-refractivity contribution >= 4 is 33.7 Å². The molecule has 1 fully saturated rings. The summed E-state index contributed by atoms with van der Waals surface area (Å²) in [5, 5.41) is 1.43. The number of carbonyl (C=O) groups excluding carboxylic acids is 2. The Labute approximate surface area is 183 Å². The van der Waals surface area contributed by atoms with Gasteiger partial charge in [0.15, 0.2) is 5.76 Å². The van der Waals surface area contributed by atoms with Crippen LogP contribution < -0.4 is 5.56 Å². The lowest BCUT2D eigenvalue weighted by atomic mass is 10.2. The van der Waals surface area contributed by atoms with E-state index in [9.17, 15) is 14.4 Å². The van der Waals surface area contributed by atoms with Gasteiger partial charge in [-0.2, -0.15) is 0 Å². The number of furan rings is 1. The number of hydrogen-bond acceptors (Lipinski definition) is 5. The van der Waals surface area contributed by atoms with Crippen molar-refractivity contribution in [1.82, 2.24) is 19.8 Å². The molecule has 0 unspecified atom stereocenters. The Morgan fingerprint density at radius 3 is 2.50 bits per heavy atom. The lowest BCUT2D eigenvalue weighted by Crippen LogP contribution is -2.50. The number of fused-ring (bicyclic) bond motifs is 2. The summed E-state index contributed by atoms with van der Waals surface area (Å²) in [5.74, 6) is 0.640. The Morgan fingerprint density at radius 1 is 0.969 bits per heavy atom. The van der Waals surface area contributed by atoms with E-state index in [0.717, 1.165) is 5.39 Å². The molecule has 0 atom stereocenters. The van der Waals surface area contributed by atoms with E-state index in [-0.39, 0.29) is 23.8 Å². The Balaban J connectivity index is 1.17. The molecule has 2 aromatic carbocycles. The highest BCUT2D eigenvalue weighted by molar-refractivity contribution is 5.96. The molecule has 0 saturated carbocycles. The van der Waals surface area contributed by atoms with Gasteiger partial charge in [-0.3, -0.25) is 14.4 Å². The van der Waals surface area contributed by atoms with Crippen molar-refractivity contribution in [3.05, 3.63) is 76.5 Å². The van der Waals surface area contributed by atoms with E-state index in [1.54, 1.807) is 34.1 Å². The highest BCUT2D eigenvalue weighted by Gasteiger charge is 2.26. The fraction of sp³-hybridized carbons (Fsp3) is 0.250. The van der Waals surface area contributed by atoms with Crippen LogP contribution in [0.2, 0.25) is 0 Å². The minimum Gasteiger partial charge on any atom is -0.451 e. The van der Waals surface area contributed by atoms with E-state index in [1.165, 1.54) is 0 Å². The number of hydrogen-bond donors (Lipinski definition) is 1. The Morgan fingerprint density at radius 2 is 1.69 bits per heavy atom. The molecule has 8 nitrogen and oxygen atoms in total. The Hall–Kier alpha value is -3.94. The first kappa shape index (κ1) is 20.0. The normalized spacial score (nSPS) is 14.2. The van der Waals surface area contributed by atoms with Gasteiger partial charge in [0.1, 0.15) is 11.4 Å². The molecular formula is C24H22N4O4. The SMILES string of the molecule is O=C(CCc1nc2ccccc2c(=O)[nH]1)N1CCN(C(=O)c2cc3ccccc3o2)CC1. The molecule has 162 valence electrons. The number of benzene rings is 2. The number of piperazine rings is 1. The summed E-state index contributed by atoms with van der Waals surface area (Å²) in [4.78, 5) is 48.3. The number of para-hydroxylation sites is 2. The first-order valence-electron chi connectivity index (χ1n) is 10.6. The van der Waals surface area contributed by atoms with Crippen LogP contribution >= 0.6 is 0 Å². The van der Waals surface area contributed by atoms with Gasteiger partial charge in [-0.15, -0.1) is 0 Å². The van der Waals surface area contributed by atoms with E-state index in [2.05, 4.69) is 9.97 Å². The van der Waals surface area contributed by atoms with Gasteiger partial charge in [-0.25, -0.2) is 4.98 Å². The maximum atomic E-state index is 12.8. The van der Waals surface area contributed by atoms with Gasteiger partial charge < -0.3 is 19.2 Å². The molecule has 1 aliphatic heterocycles. The average Bonchev–Trinajstić information content (AvgIpc) is 3.26. The van der Waals surface area contributed by atoms with Crippen molar-refractivity contribution in [3.63, 3.8) is 0 Å². The van der Waals surface area contributed by atoms with Crippen molar-refractivity contribution in [1.29, 1.82) is 0 Å². The summed E-state index contributed by atoms with van der Waals surface area (Å²) < 4.78 is 5.68. The van der Waals surface area contributed by atoms with Crippen LogP contribution in [0.25, 0.3) is 21.9 Å². The zero-order valence-corrected chi connectivity index (χ0v) is 17.4. The van der Waals surface area contributed by atoms with E-state index >= 15 is 0 Å². The molecule has 0 radical (unpaired) electrons. The van der Waals surface area contributed by atoms with Gasteiger partial charge in [-0.1, -0.05) is 30.3 Å². The average molecular weight is 430 g/mol. The van der Waals surface area contributed by atoms with Gasteiger partial charge in [0.25, 0.3) is 11.5 Å². The van der Waals surface area contributed by atoms with Crippen LogP contribution in [0.15, 0.2) is 63.8 Å². The zero-order valence-electron chi connectivity index (χ0n) is 17.4. The van der Waals surface area contributed by atoms with E-state index < -0.39 is 0 Å².